The van der Waals surface area contributed by atoms with Crippen LogP contribution in [0.2, 0.25) is 0 Å². The van der Waals surface area contributed by atoms with Gasteiger partial charge in [-0.05, 0) is 42.0 Å². The van der Waals surface area contributed by atoms with Crippen LogP contribution in [0.5, 0.6) is 11.8 Å². The average Bonchev–Trinajstić information content (AvgIpc) is 3.46. The molecule has 2 aliphatic rings. The fourth-order valence-electron chi connectivity index (χ4n) is 4.29. The average molecular weight is 469 g/mol. The number of carbonyl (C=O) groups excluding carboxylic acids is 1. The lowest BCUT2D eigenvalue weighted by molar-refractivity contribution is 0.224. The van der Waals surface area contributed by atoms with Gasteiger partial charge in [0.05, 0.1) is 25.6 Å². The van der Waals surface area contributed by atoms with Gasteiger partial charge in [0.2, 0.25) is 11.8 Å². The van der Waals surface area contributed by atoms with Gasteiger partial charge in [0, 0.05) is 30.8 Å². The number of amides is 2. The molecular weight excluding hydrogens is 444 g/mol. The fraction of sp³-hybridized carbons (Fsp3) is 0.318. The number of rotatable bonds is 4. The number of carbonyl (C=O) groups is 1. The second-order valence-corrected chi connectivity index (χ2v) is 9.66. The first-order chi connectivity index (χ1) is 16.0. The predicted molar refractivity (Wildman–Crippen MR) is 123 cm³/mol. The number of nitrogens with one attached hydrogen (secondary N) is 1. The second-order valence-electron chi connectivity index (χ2n) is 7.90. The summed E-state index contributed by atoms with van der Waals surface area (Å²) in [7, 11) is -2.01. The van der Waals surface area contributed by atoms with Gasteiger partial charge in [-0.2, -0.15) is 5.10 Å². The number of aryl methyl sites for hydroxylation is 2. The van der Waals surface area contributed by atoms with Gasteiger partial charge in [-0.1, -0.05) is 12.1 Å². The Balaban J connectivity index is 1.52. The third-order valence-corrected chi connectivity index (χ3v) is 7.16. The van der Waals surface area contributed by atoms with Crippen molar-refractivity contribution in [3.8, 4) is 22.9 Å². The lowest BCUT2D eigenvalue weighted by atomic mass is 9.98. The molecule has 2 aromatic heterocycles. The number of fused-ring (bicyclic) bond motifs is 2. The summed E-state index contributed by atoms with van der Waals surface area (Å²) in [6.45, 7) is 1.10. The number of pyridine rings is 1. The van der Waals surface area contributed by atoms with Crippen molar-refractivity contribution < 1.29 is 18.5 Å². The summed E-state index contributed by atoms with van der Waals surface area (Å²) in [4.78, 5) is 17.2. The van der Waals surface area contributed by atoms with Crippen molar-refractivity contribution in [3.05, 3.63) is 47.8 Å². The number of anilines is 1. The van der Waals surface area contributed by atoms with Gasteiger partial charge in [-0.25, -0.2) is 23.8 Å². The largest absolute Gasteiger partial charge is 0.481 e. The second kappa shape index (κ2) is 8.49. The van der Waals surface area contributed by atoms with Gasteiger partial charge >= 0.3 is 6.03 Å². The summed E-state index contributed by atoms with van der Waals surface area (Å²) in [5.41, 5.74) is 4.48. The van der Waals surface area contributed by atoms with Gasteiger partial charge in [-0.3, -0.25) is 0 Å². The summed E-state index contributed by atoms with van der Waals surface area (Å²) in [6, 6.07) is 6.87. The minimum atomic E-state index is -3.56. The number of methoxy groups -OCH3 is 1. The molecule has 1 aromatic carbocycles. The monoisotopic (exact) mass is 468 g/mol. The number of hydrogen-bond acceptors (Lipinski definition) is 6. The minimum Gasteiger partial charge on any atom is -0.481 e. The third kappa shape index (κ3) is 4.05. The van der Waals surface area contributed by atoms with E-state index in [1.165, 1.54) is 11.8 Å². The van der Waals surface area contributed by atoms with Gasteiger partial charge < -0.3 is 14.8 Å². The minimum absolute atomic E-state index is 0.120. The Kier molecular flexibility index (Phi) is 5.51. The van der Waals surface area contributed by atoms with Crippen LogP contribution in [0.1, 0.15) is 24.0 Å². The van der Waals surface area contributed by atoms with Gasteiger partial charge in [0.15, 0.2) is 9.92 Å². The van der Waals surface area contributed by atoms with Gasteiger partial charge in [0.25, 0.3) is 0 Å². The molecule has 3 heterocycles. The van der Waals surface area contributed by atoms with Crippen LogP contribution >= 0.6 is 0 Å². The van der Waals surface area contributed by atoms with Crippen molar-refractivity contribution in [1.82, 2.24) is 14.8 Å². The zero-order valence-corrected chi connectivity index (χ0v) is 18.9. The molecule has 0 fully saturated rings. The van der Waals surface area contributed by atoms with E-state index in [1.54, 1.807) is 24.1 Å². The molecule has 10 nitrogen and oxygen atoms in total. The molecule has 0 saturated heterocycles. The number of hydrogen-bond donors (Lipinski definition) is 2. The molecule has 172 valence electrons. The first kappa shape index (κ1) is 21.4. The number of nitrogens with two attached hydrogens (primary N) is 1. The summed E-state index contributed by atoms with van der Waals surface area (Å²) in [6.07, 6.45) is 6.54. The quantitative estimate of drug-likeness (QED) is 0.604. The molecule has 1 atom stereocenters. The molecule has 3 N–H and O–H groups in total. The Morgan fingerprint density at radius 3 is 3.03 bits per heavy atom. The maximum absolute atomic E-state index is 13.2. The third-order valence-electron chi connectivity index (χ3n) is 5.82. The smallest absolute Gasteiger partial charge is 0.354 e. The highest BCUT2D eigenvalue weighted by molar-refractivity contribution is 7.91. The van der Waals surface area contributed by atoms with Crippen LogP contribution in [0, 0.1) is 0 Å². The van der Waals surface area contributed by atoms with E-state index in [0.29, 0.717) is 30.6 Å². The highest BCUT2D eigenvalue weighted by atomic mass is 32.2. The number of aromatic nitrogens is 3. The van der Waals surface area contributed by atoms with E-state index < -0.39 is 15.9 Å². The Bertz CT molecular complexity index is 1360. The first-order valence-corrected chi connectivity index (χ1v) is 12.2. The van der Waals surface area contributed by atoms with E-state index in [2.05, 4.69) is 25.8 Å². The van der Waals surface area contributed by atoms with E-state index in [-0.39, 0.29) is 4.90 Å². The Morgan fingerprint density at radius 1 is 1.30 bits per heavy atom. The molecule has 33 heavy (non-hydrogen) atoms. The van der Waals surface area contributed by atoms with Crippen LogP contribution in [0.3, 0.4) is 0 Å². The zero-order valence-electron chi connectivity index (χ0n) is 18.1. The highest BCUT2D eigenvalue weighted by Gasteiger charge is 2.25. The topological polar surface area (TPSA) is 134 Å². The van der Waals surface area contributed by atoms with Crippen molar-refractivity contribution in [2.45, 2.75) is 37.1 Å². The number of benzene rings is 1. The van der Waals surface area contributed by atoms with Gasteiger partial charge in [-0.15, -0.1) is 4.36 Å². The predicted octanol–water partition coefficient (Wildman–Crippen LogP) is 3.16. The normalized spacial score (nSPS) is 16.2. The summed E-state index contributed by atoms with van der Waals surface area (Å²) in [5.74, 6) is 0.765. The van der Waals surface area contributed by atoms with Crippen LogP contribution in [-0.2, 0) is 29.3 Å². The Labute approximate surface area is 191 Å². The lowest BCUT2D eigenvalue weighted by Crippen LogP contribution is -2.21. The molecule has 11 heteroatoms. The van der Waals surface area contributed by atoms with Crippen molar-refractivity contribution in [2.75, 3.05) is 19.0 Å². The maximum atomic E-state index is 13.2. The standard InChI is InChI=1S/C22H24N6O4S/c1-31-19-12-15(8-9-24-19)17-7-6-14-4-2-5-16(14)20(17)26-22(29)27-33(23,30)18-13-25-28-10-3-11-32-21(18)28/h6-9,12-13H,2-5,10-11H2,1H3,(H3,23,26,27,29,30). The first-order valence-electron chi connectivity index (χ1n) is 10.7. The van der Waals surface area contributed by atoms with Crippen LogP contribution < -0.4 is 19.9 Å². The van der Waals surface area contributed by atoms with E-state index in [9.17, 15) is 9.00 Å². The summed E-state index contributed by atoms with van der Waals surface area (Å²) >= 11 is 0. The number of urea groups is 1. The number of nitrogens with zero attached hydrogens (tertiary/aromatic N) is 4. The molecule has 1 unspecified atom stereocenters. The van der Waals surface area contributed by atoms with Crippen LogP contribution in [0.4, 0.5) is 10.5 Å². The van der Waals surface area contributed by atoms with Crippen molar-refractivity contribution >= 4 is 21.6 Å². The summed E-state index contributed by atoms with van der Waals surface area (Å²) in [5, 5.41) is 13.0. The van der Waals surface area contributed by atoms with Crippen LogP contribution in [-0.4, -0.2) is 38.7 Å². The molecule has 3 aromatic rings. The van der Waals surface area contributed by atoms with Crippen LogP contribution in [0.15, 0.2) is 45.9 Å². The molecule has 1 aliphatic carbocycles. The summed E-state index contributed by atoms with van der Waals surface area (Å²) < 4.78 is 29.4. The molecule has 0 spiro atoms. The van der Waals surface area contributed by atoms with E-state index in [0.717, 1.165) is 42.4 Å². The van der Waals surface area contributed by atoms with Crippen molar-refractivity contribution in [1.29, 1.82) is 0 Å². The Morgan fingerprint density at radius 2 is 2.18 bits per heavy atom. The molecule has 0 saturated carbocycles. The molecule has 0 bridgehead atoms. The van der Waals surface area contributed by atoms with Crippen molar-refractivity contribution in [3.63, 3.8) is 0 Å². The molecule has 5 rings (SSSR count). The molecular formula is C22H24N6O4S. The van der Waals surface area contributed by atoms with Crippen molar-refractivity contribution in [2.24, 2.45) is 9.50 Å². The molecule has 2 amide bonds. The maximum Gasteiger partial charge on any atom is 0.354 e. The molecule has 1 aliphatic heterocycles. The number of ether oxygens (including phenoxy) is 2. The van der Waals surface area contributed by atoms with E-state index in [1.807, 2.05) is 12.1 Å². The SMILES string of the molecule is COc1cc(-c2ccc3c(c2NC(=O)N=S(N)(=O)c2cnn4c2OCCC4)CCC3)ccn1. The molecule has 0 radical (unpaired) electrons. The highest BCUT2D eigenvalue weighted by Crippen LogP contribution is 2.38. The van der Waals surface area contributed by atoms with E-state index >= 15 is 0 Å². The Hall–Kier alpha value is -3.44. The van der Waals surface area contributed by atoms with E-state index in [4.69, 9.17) is 14.6 Å². The van der Waals surface area contributed by atoms with Gasteiger partial charge in [0.1, 0.15) is 4.90 Å². The fourth-order valence-corrected chi connectivity index (χ4v) is 5.29. The van der Waals surface area contributed by atoms with Crippen LogP contribution in [0.25, 0.3) is 11.1 Å². The lowest BCUT2D eigenvalue weighted by Gasteiger charge is -2.17. The zero-order chi connectivity index (χ0) is 23.0.